The molecule has 2 heterocycles. The van der Waals surface area contributed by atoms with Crippen molar-refractivity contribution in [2.24, 2.45) is 0 Å². The lowest BCUT2D eigenvalue weighted by molar-refractivity contribution is -0.274. The van der Waals surface area contributed by atoms with E-state index in [4.69, 9.17) is 4.42 Å². The second-order valence-corrected chi connectivity index (χ2v) is 4.97. The maximum Gasteiger partial charge on any atom is 0.573 e. The Bertz CT molecular complexity index is 804. The number of halogens is 3. The van der Waals surface area contributed by atoms with E-state index in [2.05, 4.69) is 25.2 Å². The van der Waals surface area contributed by atoms with Crippen LogP contribution >= 0.6 is 0 Å². The van der Waals surface area contributed by atoms with Gasteiger partial charge in [-0.1, -0.05) is 18.2 Å². The summed E-state index contributed by atoms with van der Waals surface area (Å²) in [6, 6.07) is 11.9. The number of pyridine rings is 1. The number of nitrogens with one attached hydrogen (secondary N) is 1. The summed E-state index contributed by atoms with van der Waals surface area (Å²) in [5.41, 5.74) is 0.830. The fraction of sp³-hybridized carbons (Fsp3) is 0.188. The van der Waals surface area contributed by atoms with Crippen LogP contribution in [0.2, 0.25) is 0 Å². The standard InChI is InChI=1S/C16H13F3N4O2/c17-16(18,19)25-12-6-7-13(21-10-12)20-9-8-14-22-23-15(24-14)11-4-2-1-3-5-11/h1-7,10H,8-9H2,(H,20,21). The fourth-order valence-corrected chi connectivity index (χ4v) is 2.03. The number of alkyl halides is 3. The summed E-state index contributed by atoms with van der Waals surface area (Å²) in [6.07, 6.45) is -3.29. The number of anilines is 1. The zero-order valence-electron chi connectivity index (χ0n) is 12.8. The fourth-order valence-electron chi connectivity index (χ4n) is 2.03. The number of hydrogen-bond donors (Lipinski definition) is 1. The highest BCUT2D eigenvalue weighted by Gasteiger charge is 2.31. The molecular formula is C16H13F3N4O2. The molecule has 0 aliphatic rings. The van der Waals surface area contributed by atoms with Gasteiger partial charge in [0.15, 0.2) is 0 Å². The van der Waals surface area contributed by atoms with Gasteiger partial charge in [-0.2, -0.15) is 0 Å². The Morgan fingerprint density at radius 3 is 2.52 bits per heavy atom. The zero-order chi connectivity index (χ0) is 17.7. The van der Waals surface area contributed by atoms with Crippen molar-refractivity contribution < 1.29 is 22.3 Å². The van der Waals surface area contributed by atoms with E-state index in [1.54, 1.807) is 0 Å². The Morgan fingerprint density at radius 1 is 1.04 bits per heavy atom. The van der Waals surface area contributed by atoms with Gasteiger partial charge in [0.25, 0.3) is 0 Å². The van der Waals surface area contributed by atoms with Gasteiger partial charge in [-0.15, -0.1) is 23.4 Å². The van der Waals surface area contributed by atoms with Gasteiger partial charge in [0, 0.05) is 18.5 Å². The predicted molar refractivity (Wildman–Crippen MR) is 82.8 cm³/mol. The Kier molecular flexibility index (Phi) is 4.82. The maximum atomic E-state index is 12.1. The first-order valence-corrected chi connectivity index (χ1v) is 7.33. The number of hydrogen-bond acceptors (Lipinski definition) is 6. The number of ether oxygens (including phenoxy) is 1. The molecule has 1 N–H and O–H groups in total. The van der Waals surface area contributed by atoms with Crippen LogP contribution in [0, 0.1) is 0 Å². The first-order chi connectivity index (χ1) is 12.0. The van der Waals surface area contributed by atoms with Crippen molar-refractivity contribution in [1.82, 2.24) is 15.2 Å². The number of aromatic nitrogens is 3. The van der Waals surface area contributed by atoms with E-state index in [0.29, 0.717) is 30.6 Å². The molecule has 9 heteroatoms. The molecule has 0 aliphatic heterocycles. The third-order valence-corrected chi connectivity index (χ3v) is 3.10. The van der Waals surface area contributed by atoms with Gasteiger partial charge in [-0.3, -0.25) is 0 Å². The van der Waals surface area contributed by atoms with E-state index >= 15 is 0 Å². The zero-order valence-corrected chi connectivity index (χ0v) is 12.8. The first kappa shape index (κ1) is 16.7. The van der Waals surface area contributed by atoms with Crippen molar-refractivity contribution in [3.8, 4) is 17.2 Å². The minimum atomic E-state index is -4.73. The Hall–Kier alpha value is -3.10. The van der Waals surface area contributed by atoms with E-state index in [-0.39, 0.29) is 5.75 Å². The topological polar surface area (TPSA) is 73.1 Å². The summed E-state index contributed by atoms with van der Waals surface area (Å²) < 4.78 is 45.5. The molecule has 0 radical (unpaired) electrons. The third kappa shape index (κ3) is 4.93. The summed E-state index contributed by atoms with van der Waals surface area (Å²) in [5, 5.41) is 10.9. The largest absolute Gasteiger partial charge is 0.573 e. The van der Waals surface area contributed by atoms with Crippen LogP contribution in [0.1, 0.15) is 5.89 Å². The second kappa shape index (κ2) is 7.20. The Labute approximate surface area is 140 Å². The van der Waals surface area contributed by atoms with Crippen LogP contribution < -0.4 is 10.1 Å². The Balaban J connectivity index is 1.51. The molecule has 0 fully saturated rings. The molecule has 130 valence electrons. The lowest BCUT2D eigenvalue weighted by Crippen LogP contribution is -2.17. The number of rotatable bonds is 6. The Morgan fingerprint density at radius 2 is 1.84 bits per heavy atom. The van der Waals surface area contributed by atoms with Crippen molar-refractivity contribution in [2.45, 2.75) is 12.8 Å². The molecule has 0 aliphatic carbocycles. The van der Waals surface area contributed by atoms with Gasteiger partial charge in [0.1, 0.15) is 11.6 Å². The van der Waals surface area contributed by atoms with Crippen LogP contribution in [0.5, 0.6) is 5.75 Å². The van der Waals surface area contributed by atoms with Crippen LogP contribution in [-0.2, 0) is 6.42 Å². The highest BCUT2D eigenvalue weighted by Crippen LogP contribution is 2.22. The van der Waals surface area contributed by atoms with Crippen molar-refractivity contribution in [3.05, 3.63) is 54.6 Å². The molecule has 3 aromatic rings. The minimum Gasteiger partial charge on any atom is -0.421 e. The minimum absolute atomic E-state index is 0.373. The second-order valence-electron chi connectivity index (χ2n) is 4.97. The molecule has 0 saturated carbocycles. The number of benzene rings is 1. The van der Waals surface area contributed by atoms with E-state index < -0.39 is 6.36 Å². The maximum absolute atomic E-state index is 12.1. The average molecular weight is 350 g/mol. The normalized spacial score (nSPS) is 11.3. The summed E-state index contributed by atoms with van der Waals surface area (Å²) in [5.74, 6) is 0.922. The molecule has 25 heavy (non-hydrogen) atoms. The summed E-state index contributed by atoms with van der Waals surface area (Å²) in [7, 11) is 0. The van der Waals surface area contributed by atoms with Crippen molar-refractivity contribution in [2.75, 3.05) is 11.9 Å². The molecule has 0 saturated heterocycles. The SMILES string of the molecule is FC(F)(F)Oc1ccc(NCCc2nnc(-c3ccccc3)o2)nc1. The van der Waals surface area contributed by atoms with E-state index in [9.17, 15) is 13.2 Å². The van der Waals surface area contributed by atoms with Crippen molar-refractivity contribution in [1.29, 1.82) is 0 Å². The summed E-state index contributed by atoms with van der Waals surface area (Å²) in [4.78, 5) is 3.84. The lowest BCUT2D eigenvalue weighted by Gasteiger charge is -2.09. The molecule has 0 unspecified atom stereocenters. The van der Waals surface area contributed by atoms with Crippen molar-refractivity contribution in [3.63, 3.8) is 0 Å². The third-order valence-electron chi connectivity index (χ3n) is 3.10. The molecule has 1 aromatic carbocycles. The van der Waals surface area contributed by atoms with Gasteiger partial charge < -0.3 is 14.5 Å². The smallest absolute Gasteiger partial charge is 0.421 e. The summed E-state index contributed by atoms with van der Waals surface area (Å²) in [6.45, 7) is 0.433. The highest BCUT2D eigenvalue weighted by atomic mass is 19.4. The quantitative estimate of drug-likeness (QED) is 0.731. The lowest BCUT2D eigenvalue weighted by atomic mass is 10.2. The molecule has 6 nitrogen and oxygen atoms in total. The molecular weight excluding hydrogens is 337 g/mol. The van der Waals surface area contributed by atoms with Gasteiger partial charge in [-0.05, 0) is 24.3 Å². The van der Waals surface area contributed by atoms with Gasteiger partial charge >= 0.3 is 6.36 Å². The van der Waals surface area contributed by atoms with Crippen LogP contribution in [-0.4, -0.2) is 28.1 Å². The van der Waals surface area contributed by atoms with E-state index in [0.717, 1.165) is 11.8 Å². The van der Waals surface area contributed by atoms with Crippen LogP contribution in [0.4, 0.5) is 19.0 Å². The van der Waals surface area contributed by atoms with Crippen LogP contribution in [0.25, 0.3) is 11.5 Å². The van der Waals surface area contributed by atoms with E-state index in [1.165, 1.54) is 12.1 Å². The van der Waals surface area contributed by atoms with Crippen LogP contribution in [0.3, 0.4) is 0 Å². The highest BCUT2D eigenvalue weighted by molar-refractivity contribution is 5.51. The average Bonchev–Trinajstić information content (AvgIpc) is 3.05. The molecule has 0 amide bonds. The van der Waals surface area contributed by atoms with Gasteiger partial charge in [0.2, 0.25) is 11.8 Å². The van der Waals surface area contributed by atoms with E-state index in [1.807, 2.05) is 30.3 Å². The first-order valence-electron chi connectivity index (χ1n) is 7.33. The molecule has 0 atom stereocenters. The van der Waals surface area contributed by atoms with Gasteiger partial charge in [-0.25, -0.2) is 4.98 Å². The van der Waals surface area contributed by atoms with Crippen molar-refractivity contribution >= 4 is 5.82 Å². The van der Waals surface area contributed by atoms with Crippen LogP contribution in [0.15, 0.2) is 53.1 Å². The molecule has 3 rings (SSSR count). The monoisotopic (exact) mass is 350 g/mol. The summed E-state index contributed by atoms with van der Waals surface area (Å²) >= 11 is 0. The molecule has 0 spiro atoms. The predicted octanol–water partition coefficient (Wildman–Crippen LogP) is 3.68. The molecule has 2 aromatic heterocycles. The molecule has 0 bridgehead atoms. The number of nitrogens with zero attached hydrogens (tertiary/aromatic N) is 3. The van der Waals surface area contributed by atoms with Gasteiger partial charge in [0.05, 0.1) is 6.20 Å².